The maximum Gasteiger partial charge on any atom is 0.345 e. The van der Waals surface area contributed by atoms with Crippen molar-refractivity contribution in [2.45, 2.75) is 110 Å². The van der Waals surface area contributed by atoms with E-state index < -0.39 is 12.0 Å². The lowest BCUT2D eigenvalue weighted by Crippen LogP contribution is -2.31. The molecule has 0 aliphatic heterocycles. The second-order valence-electron chi connectivity index (χ2n) is 6.64. The van der Waals surface area contributed by atoms with Crippen molar-refractivity contribution >= 4 is 12.0 Å². The average Bonchev–Trinajstić information content (AvgIpc) is 2.56. The Kier molecular flexibility index (Phi) is 17.1. The lowest BCUT2D eigenvalue weighted by Gasteiger charge is -2.04. The summed E-state index contributed by atoms with van der Waals surface area (Å²) in [7, 11) is 0. The Morgan fingerprint density at radius 3 is 1.46 bits per heavy atom. The molecular weight excluding hydrogens is 304 g/mol. The zero-order valence-corrected chi connectivity index (χ0v) is 15.6. The number of hydrogen-bond acceptors (Lipinski definition) is 3. The number of primary amides is 1. The standard InChI is InChI=1S/C19H38N2O3/c1-2-3-4-5-6-7-8-9-10-11-12-13-14-15-16-17-18(22)24-21-19(20)23/h2-17H2,1H3,(H3,20,21,23). The topological polar surface area (TPSA) is 81.4 Å². The van der Waals surface area contributed by atoms with Gasteiger partial charge in [-0.2, -0.15) is 5.48 Å². The zero-order valence-electron chi connectivity index (χ0n) is 15.6. The molecule has 0 unspecified atom stereocenters. The third-order valence-corrected chi connectivity index (χ3v) is 4.25. The molecule has 24 heavy (non-hydrogen) atoms. The van der Waals surface area contributed by atoms with E-state index in [4.69, 9.17) is 5.73 Å². The fourth-order valence-corrected chi connectivity index (χ4v) is 2.80. The summed E-state index contributed by atoms with van der Waals surface area (Å²) in [6.45, 7) is 2.26. The van der Waals surface area contributed by atoms with Crippen LogP contribution in [0.2, 0.25) is 0 Å². The first kappa shape index (κ1) is 22.7. The van der Waals surface area contributed by atoms with Gasteiger partial charge in [0.15, 0.2) is 0 Å². The average molecular weight is 343 g/mol. The minimum Gasteiger partial charge on any atom is -0.349 e. The Morgan fingerprint density at radius 2 is 1.08 bits per heavy atom. The number of carbonyl (C=O) groups excluding carboxylic acids is 2. The monoisotopic (exact) mass is 342 g/mol. The van der Waals surface area contributed by atoms with Gasteiger partial charge < -0.3 is 10.6 Å². The molecule has 5 heteroatoms. The summed E-state index contributed by atoms with van der Waals surface area (Å²) in [5.74, 6) is -0.427. The van der Waals surface area contributed by atoms with Crippen LogP contribution >= 0.6 is 0 Å². The number of nitrogens with two attached hydrogens (primary N) is 1. The molecule has 0 aromatic heterocycles. The van der Waals surface area contributed by atoms with Gasteiger partial charge >= 0.3 is 12.0 Å². The Morgan fingerprint density at radius 1 is 0.708 bits per heavy atom. The molecule has 0 fully saturated rings. The van der Waals surface area contributed by atoms with Crippen LogP contribution in [0.5, 0.6) is 0 Å². The first-order chi connectivity index (χ1) is 11.7. The van der Waals surface area contributed by atoms with Crippen LogP contribution in [0.1, 0.15) is 110 Å². The van der Waals surface area contributed by atoms with Gasteiger partial charge in [0.25, 0.3) is 0 Å². The molecule has 0 saturated heterocycles. The van der Waals surface area contributed by atoms with E-state index in [0.717, 1.165) is 19.3 Å². The maximum absolute atomic E-state index is 11.2. The highest BCUT2D eigenvalue weighted by molar-refractivity contribution is 5.74. The first-order valence-corrected chi connectivity index (χ1v) is 9.92. The largest absolute Gasteiger partial charge is 0.349 e. The van der Waals surface area contributed by atoms with Crippen molar-refractivity contribution in [2.75, 3.05) is 0 Å². The van der Waals surface area contributed by atoms with Gasteiger partial charge in [0, 0.05) is 6.42 Å². The maximum atomic E-state index is 11.2. The predicted octanol–water partition coefficient (Wildman–Crippen LogP) is 5.37. The van der Waals surface area contributed by atoms with E-state index in [1.54, 1.807) is 0 Å². The molecule has 0 aromatic carbocycles. The van der Waals surface area contributed by atoms with E-state index >= 15 is 0 Å². The minimum atomic E-state index is -0.847. The smallest absolute Gasteiger partial charge is 0.345 e. The van der Waals surface area contributed by atoms with Crippen molar-refractivity contribution in [2.24, 2.45) is 5.73 Å². The summed E-state index contributed by atoms with van der Waals surface area (Å²) >= 11 is 0. The van der Waals surface area contributed by atoms with E-state index in [9.17, 15) is 9.59 Å². The van der Waals surface area contributed by atoms with Crippen LogP contribution < -0.4 is 11.2 Å². The van der Waals surface area contributed by atoms with Gasteiger partial charge in [-0.3, -0.25) is 0 Å². The van der Waals surface area contributed by atoms with Gasteiger partial charge in [0.1, 0.15) is 0 Å². The number of hydroxylamine groups is 1. The highest BCUT2D eigenvalue weighted by atomic mass is 16.7. The van der Waals surface area contributed by atoms with E-state index in [1.807, 2.05) is 5.48 Å². The van der Waals surface area contributed by atoms with Crippen molar-refractivity contribution in [1.82, 2.24) is 5.48 Å². The number of hydrogen-bond donors (Lipinski definition) is 2. The van der Waals surface area contributed by atoms with Gasteiger partial charge in [-0.1, -0.05) is 96.8 Å². The molecule has 5 nitrogen and oxygen atoms in total. The van der Waals surface area contributed by atoms with Crippen molar-refractivity contribution < 1.29 is 14.4 Å². The van der Waals surface area contributed by atoms with Gasteiger partial charge in [-0.25, -0.2) is 9.59 Å². The molecule has 0 atom stereocenters. The van der Waals surface area contributed by atoms with E-state index in [-0.39, 0.29) is 0 Å². The molecule has 0 radical (unpaired) electrons. The summed E-state index contributed by atoms with van der Waals surface area (Å²) in [5.41, 5.74) is 6.64. The van der Waals surface area contributed by atoms with Gasteiger partial charge in [-0.05, 0) is 6.42 Å². The number of unbranched alkanes of at least 4 members (excludes halogenated alkanes) is 14. The summed E-state index contributed by atoms with van der Waals surface area (Å²) in [4.78, 5) is 26.0. The van der Waals surface area contributed by atoms with E-state index in [1.165, 1.54) is 77.0 Å². The molecule has 0 heterocycles. The fraction of sp³-hybridized carbons (Fsp3) is 0.895. The number of urea groups is 1. The Hall–Kier alpha value is -1.26. The van der Waals surface area contributed by atoms with Gasteiger partial charge in [-0.15, -0.1) is 0 Å². The molecule has 0 aliphatic carbocycles. The highest BCUT2D eigenvalue weighted by Gasteiger charge is 2.03. The van der Waals surface area contributed by atoms with E-state index in [0.29, 0.717) is 6.42 Å². The minimum absolute atomic E-state index is 0.332. The highest BCUT2D eigenvalue weighted by Crippen LogP contribution is 2.13. The third kappa shape index (κ3) is 18.8. The molecule has 0 spiro atoms. The third-order valence-electron chi connectivity index (χ3n) is 4.25. The molecule has 0 aliphatic rings. The number of rotatable bonds is 16. The Balaban J connectivity index is 3.10. The van der Waals surface area contributed by atoms with Gasteiger partial charge in [0.05, 0.1) is 0 Å². The van der Waals surface area contributed by atoms with Crippen molar-refractivity contribution in [3.05, 3.63) is 0 Å². The van der Waals surface area contributed by atoms with Crippen LogP contribution in [-0.4, -0.2) is 12.0 Å². The molecule has 0 rings (SSSR count). The second-order valence-corrected chi connectivity index (χ2v) is 6.64. The van der Waals surface area contributed by atoms with Crippen LogP contribution in [0.4, 0.5) is 4.79 Å². The molecule has 3 N–H and O–H groups in total. The van der Waals surface area contributed by atoms with Gasteiger partial charge in [0.2, 0.25) is 0 Å². The molecule has 142 valence electrons. The fourth-order valence-electron chi connectivity index (χ4n) is 2.80. The SMILES string of the molecule is CCCCCCCCCCCCCCCCCC(=O)ONC(N)=O. The first-order valence-electron chi connectivity index (χ1n) is 9.92. The number of nitrogens with one attached hydrogen (secondary N) is 1. The summed E-state index contributed by atoms with van der Waals surface area (Å²) < 4.78 is 0. The summed E-state index contributed by atoms with van der Waals surface area (Å²) in [6, 6.07) is -0.847. The number of carbonyl (C=O) groups is 2. The second kappa shape index (κ2) is 18.1. The predicted molar refractivity (Wildman–Crippen MR) is 98.4 cm³/mol. The van der Waals surface area contributed by atoms with E-state index in [2.05, 4.69) is 11.8 Å². The summed E-state index contributed by atoms with van der Waals surface area (Å²) in [5, 5.41) is 0. The Labute approximate surface area is 148 Å². The van der Waals surface area contributed by atoms with Crippen molar-refractivity contribution in [3.8, 4) is 0 Å². The lowest BCUT2D eigenvalue weighted by molar-refractivity contribution is -0.148. The molecule has 0 saturated carbocycles. The molecule has 2 amide bonds. The number of amides is 2. The van der Waals surface area contributed by atoms with Crippen LogP contribution in [0.25, 0.3) is 0 Å². The van der Waals surface area contributed by atoms with Crippen LogP contribution in [0.3, 0.4) is 0 Å². The quantitative estimate of drug-likeness (QED) is 0.292. The Bertz CT molecular complexity index is 309. The molecule has 0 bridgehead atoms. The molecule has 0 aromatic rings. The van der Waals surface area contributed by atoms with Crippen LogP contribution in [0, 0.1) is 0 Å². The summed E-state index contributed by atoms with van der Waals surface area (Å²) in [6.07, 6.45) is 19.7. The van der Waals surface area contributed by atoms with Crippen LogP contribution in [-0.2, 0) is 9.63 Å². The van der Waals surface area contributed by atoms with Crippen LogP contribution in [0.15, 0.2) is 0 Å². The van der Waals surface area contributed by atoms with Crippen molar-refractivity contribution in [3.63, 3.8) is 0 Å². The van der Waals surface area contributed by atoms with Crippen molar-refractivity contribution in [1.29, 1.82) is 0 Å². The molecular formula is C19H38N2O3. The normalized spacial score (nSPS) is 10.5. The zero-order chi connectivity index (χ0) is 17.9. The lowest BCUT2D eigenvalue weighted by atomic mass is 10.0.